The van der Waals surface area contributed by atoms with Crippen LogP contribution in [-0.2, 0) is 9.53 Å². The number of hydrogen-bond donors (Lipinski definition) is 3. The maximum atomic E-state index is 12.0. The van der Waals surface area contributed by atoms with E-state index in [9.17, 15) is 4.79 Å². The number of anilines is 1. The molecular weight excluding hydrogens is 467 g/mol. The third kappa shape index (κ3) is 6.92. The lowest BCUT2D eigenvalue weighted by Crippen LogP contribution is -2.38. The molecule has 1 heterocycles. The first-order valence-corrected chi connectivity index (χ1v) is 10.3. The lowest BCUT2D eigenvalue weighted by molar-refractivity contribution is -0.116. The fraction of sp³-hybridized carbons (Fsp3) is 0.619. The molecule has 2 aliphatic rings. The minimum absolute atomic E-state index is 0. The van der Waals surface area contributed by atoms with Crippen molar-refractivity contribution in [2.24, 2.45) is 4.99 Å². The summed E-state index contributed by atoms with van der Waals surface area (Å²) < 4.78 is 5.91. The Labute approximate surface area is 185 Å². The molecule has 1 saturated carbocycles. The maximum absolute atomic E-state index is 12.0. The van der Waals surface area contributed by atoms with Crippen molar-refractivity contribution in [3.63, 3.8) is 0 Å². The molecule has 1 aromatic rings. The predicted molar refractivity (Wildman–Crippen MR) is 125 cm³/mol. The van der Waals surface area contributed by atoms with E-state index in [4.69, 9.17) is 9.73 Å². The van der Waals surface area contributed by atoms with E-state index < -0.39 is 0 Å². The number of rotatable bonds is 8. The molecule has 28 heavy (non-hydrogen) atoms. The van der Waals surface area contributed by atoms with Gasteiger partial charge >= 0.3 is 0 Å². The van der Waals surface area contributed by atoms with Gasteiger partial charge in [-0.15, -0.1) is 24.0 Å². The van der Waals surface area contributed by atoms with Crippen LogP contribution < -0.4 is 16.0 Å². The summed E-state index contributed by atoms with van der Waals surface area (Å²) in [4.78, 5) is 16.7. The Bertz CT molecular complexity index is 647. The van der Waals surface area contributed by atoms with Crippen LogP contribution in [0.15, 0.2) is 29.3 Å². The van der Waals surface area contributed by atoms with Crippen molar-refractivity contribution in [2.45, 2.75) is 57.5 Å². The number of benzene rings is 1. The van der Waals surface area contributed by atoms with Crippen LogP contribution in [0.2, 0.25) is 0 Å². The fourth-order valence-corrected chi connectivity index (χ4v) is 3.79. The summed E-state index contributed by atoms with van der Waals surface area (Å²) in [6.45, 7) is 5.10. The Morgan fingerprint density at radius 3 is 2.82 bits per heavy atom. The SMILES string of the molecule is CCNC(=NCC1CC(=O)Nc2ccccc21)NCCCOC1CCCC1.I. The van der Waals surface area contributed by atoms with E-state index in [2.05, 4.69) is 28.9 Å². The number of carbonyl (C=O) groups excluding carboxylic acids is 1. The van der Waals surface area contributed by atoms with Crippen molar-refractivity contribution in [1.82, 2.24) is 10.6 Å². The Balaban J connectivity index is 0.00000280. The molecule has 1 fully saturated rings. The Morgan fingerprint density at radius 1 is 1.25 bits per heavy atom. The van der Waals surface area contributed by atoms with E-state index >= 15 is 0 Å². The molecule has 3 N–H and O–H groups in total. The van der Waals surface area contributed by atoms with E-state index in [0.29, 0.717) is 19.1 Å². The first-order valence-electron chi connectivity index (χ1n) is 10.3. The third-order valence-corrected chi connectivity index (χ3v) is 5.19. The second kappa shape index (κ2) is 12.3. The molecule has 0 bridgehead atoms. The second-order valence-corrected chi connectivity index (χ2v) is 7.31. The van der Waals surface area contributed by atoms with Gasteiger partial charge in [-0.2, -0.15) is 0 Å². The van der Waals surface area contributed by atoms with Gasteiger partial charge in [0.15, 0.2) is 5.96 Å². The molecule has 7 heteroatoms. The number of hydrogen-bond acceptors (Lipinski definition) is 3. The van der Waals surface area contributed by atoms with Gasteiger partial charge in [0.1, 0.15) is 0 Å². The number of amides is 1. The van der Waals surface area contributed by atoms with Crippen LogP contribution in [0.3, 0.4) is 0 Å². The minimum atomic E-state index is 0. The lowest BCUT2D eigenvalue weighted by Gasteiger charge is -2.24. The molecule has 3 rings (SSSR count). The molecule has 1 aliphatic heterocycles. The number of fused-ring (bicyclic) bond motifs is 1. The van der Waals surface area contributed by atoms with Gasteiger partial charge in [-0.25, -0.2) is 0 Å². The number of ether oxygens (including phenoxy) is 1. The number of nitrogens with zero attached hydrogens (tertiary/aromatic N) is 1. The highest BCUT2D eigenvalue weighted by atomic mass is 127. The number of aliphatic imine (C=N–C) groups is 1. The normalized spacial score (nSPS) is 19.5. The molecule has 0 saturated heterocycles. The molecule has 1 aromatic carbocycles. The molecular formula is C21H33IN4O2. The number of nitrogens with one attached hydrogen (secondary N) is 3. The number of carbonyl (C=O) groups is 1. The molecule has 1 atom stereocenters. The molecule has 1 amide bonds. The summed E-state index contributed by atoms with van der Waals surface area (Å²) in [6, 6.07) is 8.00. The van der Waals surface area contributed by atoms with E-state index in [1.807, 2.05) is 18.2 Å². The molecule has 0 aromatic heterocycles. The number of halogens is 1. The van der Waals surface area contributed by atoms with Gasteiger partial charge in [0.05, 0.1) is 12.6 Å². The van der Waals surface area contributed by atoms with Gasteiger partial charge in [-0.3, -0.25) is 9.79 Å². The van der Waals surface area contributed by atoms with Crippen LogP contribution in [0.25, 0.3) is 0 Å². The number of guanidine groups is 1. The van der Waals surface area contributed by atoms with Crippen LogP contribution >= 0.6 is 24.0 Å². The zero-order chi connectivity index (χ0) is 18.9. The summed E-state index contributed by atoms with van der Waals surface area (Å²) in [6.07, 6.45) is 6.97. The minimum Gasteiger partial charge on any atom is -0.378 e. The van der Waals surface area contributed by atoms with Crippen LogP contribution in [0.1, 0.15) is 56.9 Å². The van der Waals surface area contributed by atoms with Crippen molar-refractivity contribution >= 4 is 41.5 Å². The first-order chi connectivity index (χ1) is 13.3. The van der Waals surface area contributed by atoms with Gasteiger partial charge in [0, 0.05) is 37.7 Å². The zero-order valence-electron chi connectivity index (χ0n) is 16.7. The summed E-state index contributed by atoms with van der Waals surface area (Å²) in [7, 11) is 0. The van der Waals surface area contributed by atoms with E-state index in [0.717, 1.165) is 37.8 Å². The van der Waals surface area contributed by atoms with Gasteiger partial charge in [0.2, 0.25) is 5.91 Å². The van der Waals surface area contributed by atoms with Gasteiger partial charge < -0.3 is 20.7 Å². The highest BCUT2D eigenvalue weighted by Gasteiger charge is 2.24. The molecule has 156 valence electrons. The highest BCUT2D eigenvalue weighted by molar-refractivity contribution is 14.0. The molecule has 6 nitrogen and oxygen atoms in total. The van der Waals surface area contributed by atoms with Crippen molar-refractivity contribution in [2.75, 3.05) is 31.6 Å². The van der Waals surface area contributed by atoms with Crippen molar-refractivity contribution < 1.29 is 9.53 Å². The van der Waals surface area contributed by atoms with E-state index in [-0.39, 0.29) is 35.8 Å². The average molecular weight is 500 g/mol. The summed E-state index contributed by atoms with van der Waals surface area (Å²) in [5.41, 5.74) is 2.08. The third-order valence-electron chi connectivity index (χ3n) is 5.19. The topological polar surface area (TPSA) is 74.8 Å². The molecule has 1 unspecified atom stereocenters. The Hall–Kier alpha value is -1.35. The standard InChI is InChI=1S/C21H32N4O2.HI/c1-2-22-21(23-12-7-13-27-17-8-3-4-9-17)24-15-16-14-20(26)25-19-11-6-5-10-18(16)19;/h5-6,10-11,16-17H,2-4,7-9,12-15H2,1H3,(H,25,26)(H2,22,23,24);1H. The predicted octanol–water partition coefficient (Wildman–Crippen LogP) is 3.63. The largest absolute Gasteiger partial charge is 0.378 e. The van der Waals surface area contributed by atoms with Crippen LogP contribution in [0.4, 0.5) is 5.69 Å². The molecule has 0 spiro atoms. The lowest BCUT2D eigenvalue weighted by atomic mass is 9.91. The zero-order valence-corrected chi connectivity index (χ0v) is 19.0. The first kappa shape index (κ1) is 22.9. The van der Waals surface area contributed by atoms with Crippen molar-refractivity contribution in [1.29, 1.82) is 0 Å². The summed E-state index contributed by atoms with van der Waals surface area (Å²) >= 11 is 0. The molecule has 0 radical (unpaired) electrons. The highest BCUT2D eigenvalue weighted by Crippen LogP contribution is 2.31. The van der Waals surface area contributed by atoms with Crippen molar-refractivity contribution in [3.05, 3.63) is 29.8 Å². The van der Waals surface area contributed by atoms with Crippen LogP contribution in [0, 0.1) is 0 Å². The Kier molecular flexibility index (Phi) is 10.0. The monoisotopic (exact) mass is 500 g/mol. The number of para-hydroxylation sites is 1. The molecule has 1 aliphatic carbocycles. The average Bonchev–Trinajstić information content (AvgIpc) is 3.19. The smallest absolute Gasteiger partial charge is 0.225 e. The van der Waals surface area contributed by atoms with Gasteiger partial charge in [-0.1, -0.05) is 31.0 Å². The van der Waals surface area contributed by atoms with Crippen molar-refractivity contribution in [3.8, 4) is 0 Å². The maximum Gasteiger partial charge on any atom is 0.225 e. The van der Waals surface area contributed by atoms with Crippen LogP contribution in [-0.4, -0.2) is 44.2 Å². The fourth-order valence-electron chi connectivity index (χ4n) is 3.79. The Morgan fingerprint density at radius 2 is 2.04 bits per heavy atom. The summed E-state index contributed by atoms with van der Waals surface area (Å²) in [5.74, 6) is 0.994. The van der Waals surface area contributed by atoms with E-state index in [1.165, 1.54) is 31.2 Å². The van der Waals surface area contributed by atoms with Crippen LogP contribution in [0.5, 0.6) is 0 Å². The van der Waals surface area contributed by atoms with E-state index in [1.54, 1.807) is 0 Å². The second-order valence-electron chi connectivity index (χ2n) is 7.31. The van der Waals surface area contributed by atoms with Gasteiger partial charge in [0.25, 0.3) is 0 Å². The van der Waals surface area contributed by atoms with Gasteiger partial charge in [-0.05, 0) is 37.8 Å². The quantitative estimate of drug-likeness (QED) is 0.221. The summed E-state index contributed by atoms with van der Waals surface area (Å²) in [5, 5.41) is 9.61.